The zero-order valence-corrected chi connectivity index (χ0v) is 15.5. The summed E-state index contributed by atoms with van der Waals surface area (Å²) in [5.41, 5.74) is 7.49. The van der Waals surface area contributed by atoms with Crippen molar-refractivity contribution in [1.29, 1.82) is 0 Å². The molecule has 0 fully saturated rings. The number of rotatable bonds is 7. The van der Waals surface area contributed by atoms with E-state index < -0.39 is 11.9 Å². The molecule has 0 saturated heterocycles. The van der Waals surface area contributed by atoms with Crippen LogP contribution < -0.4 is 10.7 Å². The summed E-state index contributed by atoms with van der Waals surface area (Å²) in [6.07, 6.45) is 2.41. The maximum Gasteiger partial charge on any atom is 0.321 e. The van der Waals surface area contributed by atoms with Gasteiger partial charge in [0.1, 0.15) is 24.2 Å². The molecule has 2 aromatic rings. The number of hydrogen-bond acceptors (Lipinski definition) is 6. The van der Waals surface area contributed by atoms with Crippen LogP contribution in [0.15, 0.2) is 71.7 Å². The number of esters is 1. The number of benzene rings is 2. The Labute approximate surface area is 163 Å². The zero-order valence-electron chi connectivity index (χ0n) is 15.5. The molecule has 1 aliphatic heterocycles. The van der Waals surface area contributed by atoms with Crippen LogP contribution in [0.2, 0.25) is 0 Å². The lowest BCUT2D eigenvalue weighted by atomic mass is 10.1. The van der Waals surface area contributed by atoms with Crippen LogP contribution in [0, 0.1) is 11.7 Å². The second-order valence-corrected chi connectivity index (χ2v) is 6.24. The standard InChI is InChI=1S/C21H22FN3O3/c1-2-12-27-19-13-18(20(23)24-25(19)17-6-4-3-5-7-17)21(26)28-14-15-8-10-16(22)11-9-15/h3-11,13,18H,2,12,14H2,1H3,(H2,23,24). The van der Waals surface area contributed by atoms with E-state index in [2.05, 4.69) is 5.10 Å². The number of hydrazone groups is 1. The van der Waals surface area contributed by atoms with Crippen LogP contribution in [0.3, 0.4) is 0 Å². The van der Waals surface area contributed by atoms with Gasteiger partial charge in [0, 0.05) is 0 Å². The summed E-state index contributed by atoms with van der Waals surface area (Å²) < 4.78 is 24.1. The maximum atomic E-state index is 13.0. The highest BCUT2D eigenvalue weighted by Crippen LogP contribution is 2.26. The molecular formula is C21H22FN3O3. The molecule has 7 heteroatoms. The van der Waals surface area contributed by atoms with Crippen molar-refractivity contribution < 1.29 is 18.7 Å². The van der Waals surface area contributed by atoms with Crippen LogP contribution in [0.5, 0.6) is 0 Å². The third-order valence-electron chi connectivity index (χ3n) is 4.06. The quantitative estimate of drug-likeness (QED) is 0.740. The number of nitrogens with zero attached hydrogens (tertiary/aromatic N) is 2. The molecule has 6 nitrogen and oxygen atoms in total. The number of nitrogens with two attached hydrogens (primary N) is 1. The second kappa shape index (κ2) is 9.03. The van der Waals surface area contributed by atoms with Crippen LogP contribution in [0.25, 0.3) is 0 Å². The average Bonchev–Trinajstić information content (AvgIpc) is 2.72. The first-order valence-corrected chi connectivity index (χ1v) is 9.03. The molecule has 2 aromatic carbocycles. The Morgan fingerprint density at radius 2 is 1.89 bits per heavy atom. The molecule has 0 amide bonds. The Morgan fingerprint density at radius 3 is 2.57 bits per heavy atom. The SMILES string of the molecule is CCCOC1=CC(C(=O)OCc2ccc(F)cc2)C(N)=NN1c1ccccc1. The van der Waals surface area contributed by atoms with E-state index in [4.69, 9.17) is 15.2 Å². The molecule has 0 aromatic heterocycles. The third kappa shape index (κ3) is 4.68. The molecular weight excluding hydrogens is 361 g/mol. The first-order chi connectivity index (χ1) is 13.6. The van der Waals surface area contributed by atoms with E-state index in [9.17, 15) is 9.18 Å². The minimum absolute atomic E-state index is 0.0181. The first-order valence-electron chi connectivity index (χ1n) is 9.03. The van der Waals surface area contributed by atoms with Gasteiger partial charge in [0.2, 0.25) is 5.88 Å². The summed E-state index contributed by atoms with van der Waals surface area (Å²) in [6, 6.07) is 15.1. The van der Waals surface area contributed by atoms with E-state index in [1.807, 2.05) is 37.3 Å². The Balaban J connectivity index is 1.75. The van der Waals surface area contributed by atoms with Crippen LogP contribution in [-0.2, 0) is 20.9 Å². The fourth-order valence-corrected chi connectivity index (χ4v) is 2.61. The Hall–Kier alpha value is -3.35. The molecule has 146 valence electrons. The summed E-state index contributed by atoms with van der Waals surface area (Å²) in [5, 5.41) is 5.90. The van der Waals surface area contributed by atoms with Crippen LogP contribution in [-0.4, -0.2) is 18.4 Å². The van der Waals surface area contributed by atoms with Crippen molar-refractivity contribution in [3.63, 3.8) is 0 Å². The largest absolute Gasteiger partial charge is 0.478 e. The van der Waals surface area contributed by atoms with E-state index >= 15 is 0 Å². The van der Waals surface area contributed by atoms with Gasteiger partial charge in [-0.2, -0.15) is 10.1 Å². The topological polar surface area (TPSA) is 77.1 Å². The van der Waals surface area contributed by atoms with Crippen molar-refractivity contribution >= 4 is 17.5 Å². The molecule has 1 atom stereocenters. The highest BCUT2D eigenvalue weighted by Gasteiger charge is 2.30. The van der Waals surface area contributed by atoms with Gasteiger partial charge in [-0.15, -0.1) is 0 Å². The van der Waals surface area contributed by atoms with Gasteiger partial charge in [0.25, 0.3) is 0 Å². The van der Waals surface area contributed by atoms with E-state index in [0.717, 1.165) is 12.1 Å². The fraction of sp³-hybridized carbons (Fsp3) is 0.238. The minimum atomic E-state index is -0.854. The van der Waals surface area contributed by atoms with Gasteiger partial charge in [-0.1, -0.05) is 37.3 Å². The van der Waals surface area contributed by atoms with Crippen molar-refractivity contribution in [3.05, 3.63) is 77.9 Å². The maximum absolute atomic E-state index is 13.0. The zero-order chi connectivity index (χ0) is 19.9. The number of hydrogen-bond donors (Lipinski definition) is 1. The van der Waals surface area contributed by atoms with Crippen molar-refractivity contribution in [2.24, 2.45) is 16.8 Å². The van der Waals surface area contributed by atoms with Gasteiger partial charge in [0.15, 0.2) is 0 Å². The highest BCUT2D eigenvalue weighted by molar-refractivity contribution is 6.03. The molecule has 0 radical (unpaired) electrons. The summed E-state index contributed by atoms with van der Waals surface area (Å²) in [4.78, 5) is 12.5. The van der Waals surface area contributed by atoms with E-state index in [0.29, 0.717) is 18.1 Å². The number of ether oxygens (including phenoxy) is 2. The number of carbonyl (C=O) groups excluding carboxylic acids is 1. The van der Waals surface area contributed by atoms with Gasteiger partial charge in [0.05, 0.1) is 12.3 Å². The molecule has 2 N–H and O–H groups in total. The Morgan fingerprint density at radius 1 is 1.18 bits per heavy atom. The van der Waals surface area contributed by atoms with Crippen molar-refractivity contribution in [1.82, 2.24) is 0 Å². The molecule has 1 unspecified atom stereocenters. The number of halogens is 1. The predicted molar refractivity (Wildman–Crippen MR) is 105 cm³/mol. The number of amidine groups is 1. The highest BCUT2D eigenvalue weighted by atomic mass is 19.1. The van der Waals surface area contributed by atoms with Crippen molar-refractivity contribution in [2.75, 3.05) is 11.6 Å². The average molecular weight is 383 g/mol. The van der Waals surface area contributed by atoms with Crippen LogP contribution >= 0.6 is 0 Å². The van der Waals surface area contributed by atoms with E-state index in [-0.39, 0.29) is 18.3 Å². The normalized spacial score (nSPS) is 16.2. The second-order valence-electron chi connectivity index (χ2n) is 6.24. The lowest BCUT2D eigenvalue weighted by Crippen LogP contribution is -2.38. The first kappa shape index (κ1) is 19.4. The van der Waals surface area contributed by atoms with Crippen LogP contribution in [0.1, 0.15) is 18.9 Å². The van der Waals surface area contributed by atoms with E-state index in [1.54, 1.807) is 23.2 Å². The smallest absolute Gasteiger partial charge is 0.321 e. The lowest BCUT2D eigenvalue weighted by Gasteiger charge is -2.28. The number of carbonyl (C=O) groups is 1. The minimum Gasteiger partial charge on any atom is -0.478 e. The van der Waals surface area contributed by atoms with Gasteiger partial charge in [-0.05, 0) is 42.3 Å². The van der Waals surface area contributed by atoms with Gasteiger partial charge >= 0.3 is 5.97 Å². The fourth-order valence-electron chi connectivity index (χ4n) is 2.61. The van der Waals surface area contributed by atoms with Crippen LogP contribution in [0.4, 0.5) is 10.1 Å². The summed E-state index contributed by atoms with van der Waals surface area (Å²) in [7, 11) is 0. The molecule has 28 heavy (non-hydrogen) atoms. The van der Waals surface area contributed by atoms with Gasteiger partial charge in [-0.25, -0.2) is 4.39 Å². The molecule has 0 bridgehead atoms. The number of anilines is 1. The molecule has 1 aliphatic rings. The molecule has 3 rings (SSSR count). The molecule has 0 saturated carbocycles. The van der Waals surface area contributed by atoms with E-state index in [1.165, 1.54) is 12.1 Å². The van der Waals surface area contributed by atoms with Crippen molar-refractivity contribution in [3.8, 4) is 0 Å². The van der Waals surface area contributed by atoms with Gasteiger partial charge in [-0.3, -0.25) is 4.79 Å². The monoisotopic (exact) mass is 383 g/mol. The Bertz CT molecular complexity index is 866. The summed E-state index contributed by atoms with van der Waals surface area (Å²) in [5.74, 6) is -1.22. The van der Waals surface area contributed by atoms with Crippen molar-refractivity contribution in [2.45, 2.75) is 20.0 Å². The molecule has 1 heterocycles. The molecule has 0 spiro atoms. The summed E-state index contributed by atoms with van der Waals surface area (Å²) in [6.45, 7) is 2.48. The third-order valence-corrected chi connectivity index (χ3v) is 4.06. The number of para-hydroxylation sites is 1. The Kier molecular flexibility index (Phi) is 6.26. The van der Waals surface area contributed by atoms with Gasteiger partial charge < -0.3 is 15.2 Å². The summed E-state index contributed by atoms with van der Waals surface area (Å²) >= 11 is 0. The molecule has 0 aliphatic carbocycles. The predicted octanol–water partition coefficient (Wildman–Crippen LogP) is 3.55. The lowest BCUT2D eigenvalue weighted by molar-refractivity contribution is -0.146.